The molecule has 0 fully saturated rings. The molecule has 0 bridgehead atoms. The number of carbonyl (C=O) groups excluding carboxylic acids is 2. The number of hydrogen-bond acceptors (Lipinski definition) is 6. The molecule has 4 N–H and O–H groups in total. The van der Waals surface area contributed by atoms with E-state index in [9.17, 15) is 9.59 Å². The van der Waals surface area contributed by atoms with Gasteiger partial charge in [0.25, 0.3) is 5.91 Å². The Morgan fingerprint density at radius 1 is 0.857 bits per heavy atom. The van der Waals surface area contributed by atoms with Crippen LogP contribution < -0.4 is 16.0 Å². The molecule has 214 valence electrons. The monoisotopic (exact) mass is 561 g/mol. The number of aryl methyl sites for hydroxylation is 1. The maximum Gasteiger partial charge on any atom is 0.255 e. The van der Waals surface area contributed by atoms with Gasteiger partial charge >= 0.3 is 0 Å². The maximum atomic E-state index is 12.9. The second-order valence-corrected chi connectivity index (χ2v) is 10.5. The highest BCUT2D eigenvalue weighted by Gasteiger charge is 2.15. The Bertz CT molecular complexity index is 1720. The van der Waals surface area contributed by atoms with E-state index in [0.717, 1.165) is 52.1 Å². The number of carbonyl (C=O) groups is 2. The summed E-state index contributed by atoms with van der Waals surface area (Å²) in [7, 11) is 3.96. The molecule has 5 aromatic rings. The first kappa shape index (κ1) is 28.5. The number of benzene rings is 3. The second-order valence-electron chi connectivity index (χ2n) is 10.5. The fourth-order valence-electron chi connectivity index (χ4n) is 4.71. The molecule has 0 aliphatic carbocycles. The Morgan fingerprint density at radius 3 is 2.40 bits per heavy atom. The van der Waals surface area contributed by atoms with Gasteiger partial charge in [0.15, 0.2) is 0 Å². The number of aromatic amines is 1. The van der Waals surface area contributed by atoms with Gasteiger partial charge < -0.3 is 25.8 Å². The van der Waals surface area contributed by atoms with E-state index in [1.807, 2.05) is 81.5 Å². The molecule has 0 atom stereocenters. The number of fused-ring (bicyclic) bond motifs is 1. The lowest BCUT2D eigenvalue weighted by Crippen LogP contribution is -2.17. The van der Waals surface area contributed by atoms with Gasteiger partial charge in [0.05, 0.1) is 5.69 Å². The zero-order chi connectivity index (χ0) is 29.6. The first-order chi connectivity index (χ1) is 20.3. The summed E-state index contributed by atoms with van der Waals surface area (Å²) in [6, 6.07) is 22.4. The van der Waals surface area contributed by atoms with E-state index < -0.39 is 0 Å². The fraction of sp³-hybridized carbons (Fsp3) is 0.212. The van der Waals surface area contributed by atoms with Crippen LogP contribution in [-0.2, 0) is 4.79 Å². The largest absolute Gasteiger partial charge is 0.360 e. The van der Waals surface area contributed by atoms with Gasteiger partial charge in [0.1, 0.15) is 0 Å². The number of anilines is 4. The number of amides is 2. The third-order valence-corrected chi connectivity index (χ3v) is 7.05. The van der Waals surface area contributed by atoms with Crippen LogP contribution in [0, 0.1) is 13.8 Å². The lowest BCUT2D eigenvalue weighted by molar-refractivity contribution is -0.116. The average molecular weight is 562 g/mol. The highest BCUT2D eigenvalue weighted by molar-refractivity contribution is 6.05. The third-order valence-electron chi connectivity index (χ3n) is 7.05. The Balaban J connectivity index is 1.25. The molecule has 0 saturated heterocycles. The summed E-state index contributed by atoms with van der Waals surface area (Å²) < 4.78 is 0. The van der Waals surface area contributed by atoms with Crippen LogP contribution in [-0.4, -0.2) is 52.3 Å². The lowest BCUT2D eigenvalue weighted by atomic mass is 10.1. The van der Waals surface area contributed by atoms with E-state index in [2.05, 4.69) is 32.0 Å². The van der Waals surface area contributed by atoms with E-state index in [-0.39, 0.29) is 11.8 Å². The van der Waals surface area contributed by atoms with Crippen molar-refractivity contribution in [2.24, 2.45) is 0 Å². The minimum atomic E-state index is -0.250. The van der Waals surface area contributed by atoms with Gasteiger partial charge in [-0.25, -0.2) is 9.97 Å². The van der Waals surface area contributed by atoms with Crippen LogP contribution in [0.1, 0.15) is 34.5 Å². The number of para-hydroxylation sites is 1. The summed E-state index contributed by atoms with van der Waals surface area (Å²) in [5, 5.41) is 10.2. The van der Waals surface area contributed by atoms with Gasteiger partial charge in [-0.15, -0.1) is 0 Å². The van der Waals surface area contributed by atoms with Crippen LogP contribution in [0.15, 0.2) is 79.0 Å². The number of hydrogen-bond donors (Lipinski definition) is 4. The zero-order valence-corrected chi connectivity index (χ0v) is 24.3. The summed E-state index contributed by atoms with van der Waals surface area (Å²) in [6.45, 7) is 4.85. The highest BCUT2D eigenvalue weighted by Crippen LogP contribution is 2.31. The van der Waals surface area contributed by atoms with Gasteiger partial charge in [0.2, 0.25) is 11.9 Å². The number of nitrogens with one attached hydrogen (secondary N) is 4. The topological polar surface area (TPSA) is 115 Å². The molecule has 0 saturated carbocycles. The van der Waals surface area contributed by atoms with E-state index in [1.165, 1.54) is 0 Å². The van der Waals surface area contributed by atoms with E-state index >= 15 is 0 Å². The maximum absolute atomic E-state index is 12.9. The summed E-state index contributed by atoms with van der Waals surface area (Å²) in [6.07, 6.45) is 3.21. The molecule has 5 rings (SSSR count). The molecule has 42 heavy (non-hydrogen) atoms. The van der Waals surface area contributed by atoms with Crippen molar-refractivity contribution in [3.63, 3.8) is 0 Å². The molecule has 9 nitrogen and oxygen atoms in total. The summed E-state index contributed by atoms with van der Waals surface area (Å²) in [5.74, 6) is 0.181. The summed E-state index contributed by atoms with van der Waals surface area (Å²) in [5.41, 5.74) is 7.35. The Hall–Kier alpha value is -5.02. The van der Waals surface area contributed by atoms with Crippen molar-refractivity contribution in [1.29, 1.82) is 0 Å². The van der Waals surface area contributed by atoms with E-state index in [4.69, 9.17) is 4.98 Å². The quantitative estimate of drug-likeness (QED) is 0.154. The van der Waals surface area contributed by atoms with Crippen molar-refractivity contribution < 1.29 is 9.59 Å². The van der Waals surface area contributed by atoms with Crippen molar-refractivity contribution in [3.8, 4) is 11.3 Å². The number of rotatable bonds is 10. The van der Waals surface area contributed by atoms with Crippen molar-refractivity contribution in [2.45, 2.75) is 26.7 Å². The smallest absolute Gasteiger partial charge is 0.255 e. The van der Waals surface area contributed by atoms with Crippen LogP contribution in [0.3, 0.4) is 0 Å². The Morgan fingerprint density at radius 2 is 1.62 bits per heavy atom. The fourth-order valence-corrected chi connectivity index (χ4v) is 4.71. The molecular formula is C33H35N7O2. The first-order valence-corrected chi connectivity index (χ1v) is 13.9. The Labute approximate surface area is 245 Å². The summed E-state index contributed by atoms with van der Waals surface area (Å²) >= 11 is 0. The minimum absolute atomic E-state index is 0.0420. The highest BCUT2D eigenvalue weighted by atomic mass is 16.2. The average Bonchev–Trinajstić information content (AvgIpc) is 3.39. The Kier molecular flexibility index (Phi) is 8.59. The van der Waals surface area contributed by atoms with Crippen molar-refractivity contribution in [2.75, 3.05) is 36.6 Å². The number of aromatic nitrogens is 3. The van der Waals surface area contributed by atoms with Gasteiger partial charge in [-0.2, -0.15) is 0 Å². The van der Waals surface area contributed by atoms with Crippen LogP contribution in [0.2, 0.25) is 0 Å². The third kappa shape index (κ3) is 6.82. The molecule has 2 amide bonds. The van der Waals surface area contributed by atoms with Crippen LogP contribution in [0.4, 0.5) is 23.0 Å². The van der Waals surface area contributed by atoms with Gasteiger partial charge in [-0.1, -0.05) is 24.3 Å². The van der Waals surface area contributed by atoms with E-state index in [0.29, 0.717) is 29.3 Å². The zero-order valence-electron chi connectivity index (χ0n) is 24.3. The molecule has 2 aromatic heterocycles. The van der Waals surface area contributed by atoms with Crippen LogP contribution >= 0.6 is 0 Å². The van der Waals surface area contributed by atoms with Crippen molar-refractivity contribution >= 4 is 45.7 Å². The summed E-state index contributed by atoms with van der Waals surface area (Å²) in [4.78, 5) is 40.0. The van der Waals surface area contributed by atoms with Gasteiger partial charge in [-0.05, 0) is 95.0 Å². The number of H-pyrrole nitrogens is 1. The second kappa shape index (κ2) is 12.7. The molecule has 0 radical (unpaired) electrons. The first-order valence-electron chi connectivity index (χ1n) is 13.9. The minimum Gasteiger partial charge on any atom is -0.360 e. The predicted molar refractivity (Wildman–Crippen MR) is 169 cm³/mol. The predicted octanol–water partition coefficient (Wildman–Crippen LogP) is 6.52. The molecule has 0 aliphatic rings. The van der Waals surface area contributed by atoms with Gasteiger partial charge in [-0.3, -0.25) is 9.59 Å². The number of nitrogens with zero attached hydrogens (tertiary/aromatic N) is 3. The van der Waals surface area contributed by atoms with E-state index in [1.54, 1.807) is 24.3 Å². The SMILES string of the molecule is Cc1nc(Nc2cccc(NC(=O)c3ccc(NC(=O)CCCN(C)C)cc3)c2)nc(-c2c[nH]c3ccccc23)c1C. The molecule has 9 heteroatoms. The molecule has 0 spiro atoms. The van der Waals surface area contributed by atoms with Crippen molar-refractivity contribution in [1.82, 2.24) is 19.9 Å². The van der Waals surface area contributed by atoms with Gasteiger partial charge in [0, 0.05) is 57.4 Å². The van der Waals surface area contributed by atoms with Crippen molar-refractivity contribution in [3.05, 3.63) is 95.8 Å². The van der Waals surface area contributed by atoms with Crippen LogP contribution in [0.5, 0.6) is 0 Å². The standard InChI is InChI=1S/C33H35N7O2/c1-21-22(2)35-33(39-31(21)28-20-34-29-12-6-5-11-27(28)29)38-26-10-7-9-25(19-26)37-32(42)23-14-16-24(17-15-23)36-30(41)13-8-18-40(3)4/h5-7,9-12,14-17,19-20,34H,8,13,18H2,1-4H3,(H,36,41)(H,37,42)(H,35,38,39). The molecule has 2 heterocycles. The molecule has 0 unspecified atom stereocenters. The molecular weight excluding hydrogens is 526 g/mol. The molecule has 0 aliphatic heterocycles. The van der Waals surface area contributed by atoms with Crippen LogP contribution in [0.25, 0.3) is 22.2 Å². The molecule has 3 aromatic carbocycles. The normalized spacial score (nSPS) is 11.1. The lowest BCUT2D eigenvalue weighted by Gasteiger charge is -2.13.